The fraction of sp³-hybridized carbons (Fsp3) is 0.419. The molecule has 0 radical (unpaired) electrons. The van der Waals surface area contributed by atoms with Crippen LogP contribution in [0.1, 0.15) is 177 Å². The van der Waals surface area contributed by atoms with E-state index in [1.165, 1.54) is 11.1 Å². The molecule has 8 aromatic rings. The Hall–Kier alpha value is -8.90. The van der Waals surface area contributed by atoms with E-state index >= 15 is 0 Å². The van der Waals surface area contributed by atoms with Gasteiger partial charge in [-0.05, 0) is 212 Å². The first-order valence-electron chi connectivity index (χ1n) is 36.4. The van der Waals surface area contributed by atoms with Crippen molar-refractivity contribution in [2.45, 2.75) is 139 Å². The smallest absolute Gasteiger partial charge is 0.309 e. The van der Waals surface area contributed by atoms with Crippen molar-refractivity contribution < 1.29 is 57.7 Å². The number of aliphatic carboxylic acids is 2. The van der Waals surface area contributed by atoms with E-state index in [9.17, 15) is 19.8 Å². The van der Waals surface area contributed by atoms with Crippen molar-refractivity contribution >= 4 is 11.9 Å². The zero-order chi connectivity index (χ0) is 65.5. The van der Waals surface area contributed by atoms with Gasteiger partial charge in [0.2, 0.25) is 0 Å². The van der Waals surface area contributed by atoms with Crippen LogP contribution in [0.15, 0.2) is 133 Å². The van der Waals surface area contributed by atoms with Gasteiger partial charge in [0.1, 0.15) is 98.9 Å². The van der Waals surface area contributed by atoms with Crippen LogP contribution in [-0.4, -0.2) is 75.0 Å². The van der Waals surface area contributed by atoms with E-state index in [-0.39, 0.29) is 63.7 Å². The lowest BCUT2D eigenvalue weighted by Crippen LogP contribution is -2.56. The molecular formula is C86H84O12. The summed E-state index contributed by atoms with van der Waals surface area (Å²) >= 11 is 0. The molecule has 14 aliphatic rings. The van der Waals surface area contributed by atoms with Crippen molar-refractivity contribution in [3.63, 3.8) is 0 Å². The fourth-order valence-corrected chi connectivity index (χ4v) is 22.1. The van der Waals surface area contributed by atoms with Crippen molar-refractivity contribution in [2.75, 3.05) is 52.9 Å². The Labute approximate surface area is 572 Å². The van der Waals surface area contributed by atoms with E-state index in [0.717, 1.165) is 199 Å². The zero-order valence-corrected chi connectivity index (χ0v) is 55.8. The van der Waals surface area contributed by atoms with E-state index in [1.807, 2.05) is 0 Å². The first-order chi connectivity index (χ1) is 47.9. The van der Waals surface area contributed by atoms with Gasteiger partial charge in [-0.3, -0.25) is 9.59 Å². The van der Waals surface area contributed by atoms with Gasteiger partial charge in [0, 0.05) is 51.4 Å². The van der Waals surface area contributed by atoms with Gasteiger partial charge in [0.25, 0.3) is 0 Å². The summed E-state index contributed by atoms with van der Waals surface area (Å²) in [7, 11) is 0. The van der Waals surface area contributed by atoms with E-state index in [2.05, 4.69) is 133 Å². The Bertz CT molecular complexity index is 4100. The highest BCUT2D eigenvalue weighted by Crippen LogP contribution is 2.68. The monoisotopic (exact) mass is 1310 g/mol. The summed E-state index contributed by atoms with van der Waals surface area (Å²) in [5.74, 6) is 6.42. The van der Waals surface area contributed by atoms with Crippen molar-refractivity contribution in [1.29, 1.82) is 0 Å². The number of hydrogen-bond acceptors (Lipinski definition) is 10. The van der Waals surface area contributed by atoms with Crippen molar-refractivity contribution in [2.24, 2.45) is 34.5 Å². The topological polar surface area (TPSA) is 148 Å². The number of benzene rings is 8. The SMILES string of the molecule is O=C(O)C12C[C@H]3C[C@@H](C1)CC(c1cc4c5c(c1)Cc1cccc6c1OCCOc1c7cccc1Cc1cccc8c1OCCOc1c(cc(C9%10C[C@@H]%11C[C@@H](CC(C(=O)O)(C%11)C9)C%10)cc1C6)Cc1cccc(c1OCCOc1c(cccc1C8)Cc1cccc(c1OCCO5)C7)C4)(C3)C2. The minimum atomic E-state index is -0.761. The molecule has 12 nitrogen and oxygen atoms in total. The second kappa shape index (κ2) is 23.4. The number of ether oxygens (including phenoxy) is 8. The van der Waals surface area contributed by atoms with Crippen molar-refractivity contribution in [3.05, 3.63) is 234 Å². The molecule has 10 aliphatic carbocycles. The molecule has 500 valence electrons. The Kier molecular flexibility index (Phi) is 14.4. The van der Waals surface area contributed by atoms with Crippen LogP contribution in [0.4, 0.5) is 0 Å². The molecule has 8 fully saturated rings. The number of fused-ring (bicyclic) bond motifs is 12. The molecule has 0 spiro atoms. The zero-order valence-electron chi connectivity index (χ0n) is 55.8. The van der Waals surface area contributed by atoms with Gasteiger partial charge in [-0.15, -0.1) is 0 Å². The Balaban J connectivity index is 0.882. The molecule has 22 rings (SSSR count). The molecule has 8 atom stereocenters. The maximum Gasteiger partial charge on any atom is 0.309 e. The van der Waals surface area contributed by atoms with Gasteiger partial charge in [0.05, 0.1) is 10.8 Å². The van der Waals surface area contributed by atoms with Gasteiger partial charge < -0.3 is 48.1 Å². The first kappa shape index (κ1) is 60.3. The number of carboxylic acid groups (broad SMARTS) is 2. The maximum atomic E-state index is 13.7. The third-order valence-corrected chi connectivity index (χ3v) is 25.2. The first-order valence-corrected chi connectivity index (χ1v) is 36.4. The third kappa shape index (κ3) is 10.2. The highest BCUT2D eigenvalue weighted by molar-refractivity contribution is 5.77. The fourth-order valence-electron chi connectivity index (χ4n) is 22.1. The van der Waals surface area contributed by atoms with Gasteiger partial charge in [-0.25, -0.2) is 0 Å². The summed E-state index contributed by atoms with van der Waals surface area (Å²) in [6, 6.07) is 48.9. The molecule has 98 heavy (non-hydrogen) atoms. The predicted molar refractivity (Wildman–Crippen MR) is 371 cm³/mol. The molecule has 12 heteroatoms. The standard InChI is InChI=1S/C86H84O12/c87-81(88)85-45-51-27-52(46-85)42-83(41-51,49-85)71-37-67-33-63-15-5-16-64-34-68-38-72(84-43-53-28-54(44-84)48-86(47-53,50-84)82(89)90)40-70-36-66-18-6-17-65-35-69(39-71)79(67)97-25-23-93-75-59-11-3-13-61(75)31-57-9-2-10-58(74(57)92-20-22-96-78(65)66)32-62-14-4-12-60(76(62)94-24-26-98-80(68)70)30-56-8-1-7-55(29-59)73(56)91-19-21-95-77(63)64/h1-18,37-40,51-54H,19-36,41-50H2,(H,87,88)(H,89,90)/t51-,52+,53-,54+,83?,84?,85?,86?. The minimum absolute atomic E-state index is 0.237. The largest absolute Gasteiger partial charge is 0.489 e. The normalized spacial score (nSPS) is 27.4. The molecule has 2 N–H and O–H groups in total. The van der Waals surface area contributed by atoms with Crippen molar-refractivity contribution in [1.82, 2.24) is 0 Å². The summed E-state index contributed by atoms with van der Waals surface area (Å²) in [6.07, 6.45) is 14.1. The van der Waals surface area contributed by atoms with Crippen LogP contribution in [0.25, 0.3) is 0 Å². The van der Waals surface area contributed by atoms with Crippen LogP contribution in [0, 0.1) is 34.5 Å². The van der Waals surface area contributed by atoms with Crippen LogP contribution in [0.2, 0.25) is 0 Å². The Morgan fingerprint density at radius 3 is 0.653 bits per heavy atom. The van der Waals surface area contributed by atoms with Crippen LogP contribution >= 0.6 is 0 Å². The van der Waals surface area contributed by atoms with Crippen LogP contribution in [-0.2, 0) is 71.8 Å². The third-order valence-electron chi connectivity index (χ3n) is 25.2. The summed E-state index contributed by atoms with van der Waals surface area (Å²) < 4.78 is 59.2. The summed E-state index contributed by atoms with van der Waals surface area (Å²) in [5, 5.41) is 22.5. The highest BCUT2D eigenvalue weighted by atomic mass is 16.5. The van der Waals surface area contributed by atoms with Crippen LogP contribution in [0.5, 0.6) is 46.0 Å². The van der Waals surface area contributed by atoms with Crippen molar-refractivity contribution in [3.8, 4) is 46.0 Å². The van der Waals surface area contributed by atoms with Gasteiger partial charge >= 0.3 is 11.9 Å². The predicted octanol–water partition coefficient (Wildman–Crippen LogP) is 15.7. The average molecular weight is 1310 g/mol. The van der Waals surface area contributed by atoms with Crippen LogP contribution in [0.3, 0.4) is 0 Å². The van der Waals surface area contributed by atoms with Gasteiger partial charge in [-0.1, -0.05) is 133 Å². The second-order valence-electron chi connectivity index (χ2n) is 31.5. The summed E-state index contributed by atoms with van der Waals surface area (Å²) in [5.41, 5.74) is 16.4. The molecule has 0 amide bonds. The molecule has 8 saturated carbocycles. The minimum Gasteiger partial charge on any atom is -0.489 e. The Morgan fingerprint density at radius 1 is 0.276 bits per heavy atom. The lowest BCUT2D eigenvalue weighted by molar-refractivity contribution is -0.167. The number of para-hydroxylation sites is 6. The van der Waals surface area contributed by atoms with Gasteiger partial charge in [-0.2, -0.15) is 0 Å². The molecule has 0 aromatic heterocycles. The maximum absolute atomic E-state index is 13.7. The number of carboxylic acids is 2. The number of hydrogen-bond donors (Lipinski definition) is 2. The Morgan fingerprint density at radius 2 is 0.459 bits per heavy atom. The molecule has 4 aliphatic heterocycles. The molecule has 32 bridgehead atoms. The lowest BCUT2D eigenvalue weighted by atomic mass is 9.43. The number of rotatable bonds is 4. The number of carbonyl (C=O) groups is 2. The van der Waals surface area contributed by atoms with E-state index < -0.39 is 22.8 Å². The molecule has 4 heterocycles. The highest BCUT2D eigenvalue weighted by Gasteiger charge is 2.63. The molecule has 0 saturated heterocycles. The molecular weight excluding hydrogens is 1220 g/mol. The second-order valence-corrected chi connectivity index (χ2v) is 31.5. The van der Waals surface area contributed by atoms with Gasteiger partial charge in [0.15, 0.2) is 0 Å². The average Bonchev–Trinajstić information content (AvgIpc) is 0.712. The molecule has 4 unspecified atom stereocenters. The van der Waals surface area contributed by atoms with E-state index in [1.54, 1.807) is 0 Å². The summed E-state index contributed by atoms with van der Waals surface area (Å²) in [6.45, 7) is 1.95. The molecule has 8 aromatic carbocycles. The summed E-state index contributed by atoms with van der Waals surface area (Å²) in [4.78, 5) is 27.5. The quantitative estimate of drug-likeness (QED) is 0.173. The van der Waals surface area contributed by atoms with E-state index in [0.29, 0.717) is 87.9 Å². The lowest BCUT2D eigenvalue weighted by Gasteiger charge is -2.61. The van der Waals surface area contributed by atoms with Crippen LogP contribution < -0.4 is 37.9 Å². The van der Waals surface area contributed by atoms with E-state index in [4.69, 9.17) is 37.9 Å².